The largest absolute Gasteiger partial charge is 0.356 e. The van der Waals surface area contributed by atoms with E-state index >= 15 is 0 Å². The summed E-state index contributed by atoms with van der Waals surface area (Å²) in [5, 5.41) is 6.73. The zero-order chi connectivity index (χ0) is 20.7. The third-order valence-electron chi connectivity index (χ3n) is 5.53. The Morgan fingerprint density at radius 2 is 1.62 bits per heavy atom. The van der Waals surface area contributed by atoms with E-state index in [1.165, 1.54) is 16.7 Å². The van der Waals surface area contributed by atoms with Gasteiger partial charge in [0, 0.05) is 45.1 Å². The van der Waals surface area contributed by atoms with Crippen LogP contribution in [0.25, 0.3) is 0 Å². The lowest BCUT2D eigenvalue weighted by Gasteiger charge is -2.26. The smallest absolute Gasteiger partial charge is 0.223 e. The lowest BCUT2D eigenvalue weighted by Crippen LogP contribution is -2.43. The summed E-state index contributed by atoms with van der Waals surface area (Å²) in [5.41, 5.74) is 3.83. The average molecular weight is 393 g/mol. The van der Waals surface area contributed by atoms with Crippen molar-refractivity contribution in [1.82, 2.24) is 15.5 Å². The molecule has 2 aromatic rings. The Balaban J connectivity index is 1.38. The van der Waals surface area contributed by atoms with E-state index in [-0.39, 0.29) is 11.3 Å². The van der Waals surface area contributed by atoms with Gasteiger partial charge in [0.05, 0.1) is 0 Å². The Bertz CT molecular complexity index is 820. The van der Waals surface area contributed by atoms with Crippen LogP contribution < -0.4 is 10.6 Å². The lowest BCUT2D eigenvalue weighted by molar-refractivity contribution is -0.131. The van der Waals surface area contributed by atoms with Gasteiger partial charge in [-0.1, -0.05) is 68.4 Å². The molecule has 0 fully saturated rings. The predicted octanol–water partition coefficient (Wildman–Crippen LogP) is 3.45. The molecule has 0 aromatic heterocycles. The molecule has 0 unspecified atom stereocenters. The van der Waals surface area contributed by atoms with Gasteiger partial charge in [0.1, 0.15) is 0 Å². The Morgan fingerprint density at radius 3 is 2.24 bits per heavy atom. The number of benzene rings is 2. The third kappa shape index (κ3) is 5.59. The van der Waals surface area contributed by atoms with Crippen LogP contribution in [-0.4, -0.2) is 36.9 Å². The summed E-state index contributed by atoms with van der Waals surface area (Å²) < 4.78 is 0. The number of guanidine groups is 1. The first-order valence-electron chi connectivity index (χ1n) is 10.3. The highest BCUT2D eigenvalue weighted by Gasteiger charge is 2.22. The Morgan fingerprint density at radius 1 is 1.00 bits per heavy atom. The molecule has 1 amide bonds. The standard InChI is InChI=1S/C24H32N4O/c1-24(2,21-12-5-4-6-13-21)18-27-23(25-3)26-15-9-14-22(29)28-16-19-10-7-8-11-20(19)17-28/h4-8,10-13H,9,14-18H2,1-3H3,(H2,25,26,27). The van der Waals surface area contributed by atoms with Crippen LogP contribution in [0.4, 0.5) is 0 Å². The van der Waals surface area contributed by atoms with Gasteiger partial charge in [0.2, 0.25) is 5.91 Å². The molecule has 0 radical (unpaired) electrons. The third-order valence-corrected chi connectivity index (χ3v) is 5.53. The number of rotatable bonds is 7. The van der Waals surface area contributed by atoms with Gasteiger partial charge >= 0.3 is 0 Å². The van der Waals surface area contributed by atoms with Crippen molar-refractivity contribution in [2.75, 3.05) is 20.1 Å². The van der Waals surface area contributed by atoms with E-state index in [2.05, 4.69) is 65.9 Å². The van der Waals surface area contributed by atoms with Crippen LogP contribution in [0.3, 0.4) is 0 Å². The van der Waals surface area contributed by atoms with E-state index in [1.54, 1.807) is 7.05 Å². The molecule has 5 nitrogen and oxygen atoms in total. The van der Waals surface area contributed by atoms with E-state index in [1.807, 2.05) is 23.1 Å². The van der Waals surface area contributed by atoms with Gasteiger partial charge < -0.3 is 15.5 Å². The number of nitrogens with zero attached hydrogens (tertiary/aromatic N) is 2. The average Bonchev–Trinajstić information content (AvgIpc) is 3.18. The molecular weight excluding hydrogens is 360 g/mol. The molecule has 0 spiro atoms. The topological polar surface area (TPSA) is 56.7 Å². The lowest BCUT2D eigenvalue weighted by atomic mass is 9.85. The fourth-order valence-corrected chi connectivity index (χ4v) is 3.63. The van der Waals surface area contributed by atoms with Crippen molar-refractivity contribution in [1.29, 1.82) is 0 Å². The fourth-order valence-electron chi connectivity index (χ4n) is 3.63. The molecule has 0 saturated carbocycles. The summed E-state index contributed by atoms with van der Waals surface area (Å²) >= 11 is 0. The summed E-state index contributed by atoms with van der Waals surface area (Å²) in [7, 11) is 1.78. The van der Waals surface area contributed by atoms with Crippen LogP contribution in [0.1, 0.15) is 43.4 Å². The van der Waals surface area contributed by atoms with Crippen molar-refractivity contribution >= 4 is 11.9 Å². The number of nitrogens with one attached hydrogen (secondary N) is 2. The summed E-state index contributed by atoms with van der Waals surface area (Å²) in [6.07, 6.45) is 1.34. The maximum atomic E-state index is 12.5. The van der Waals surface area contributed by atoms with Crippen LogP contribution in [-0.2, 0) is 23.3 Å². The van der Waals surface area contributed by atoms with E-state index in [4.69, 9.17) is 0 Å². The van der Waals surface area contributed by atoms with Gasteiger partial charge in [-0.15, -0.1) is 0 Å². The van der Waals surface area contributed by atoms with Gasteiger partial charge in [0.15, 0.2) is 5.96 Å². The number of hydrogen-bond acceptors (Lipinski definition) is 2. The summed E-state index contributed by atoms with van der Waals surface area (Å²) in [6.45, 7) is 7.41. The molecule has 29 heavy (non-hydrogen) atoms. The molecule has 0 atom stereocenters. The van der Waals surface area contributed by atoms with E-state index in [0.29, 0.717) is 6.42 Å². The molecule has 1 aliphatic heterocycles. The Labute approximate surface area is 174 Å². The van der Waals surface area contributed by atoms with Crippen LogP contribution in [0.15, 0.2) is 59.6 Å². The van der Waals surface area contributed by atoms with Crippen molar-refractivity contribution in [3.05, 3.63) is 71.3 Å². The fraction of sp³-hybridized carbons (Fsp3) is 0.417. The van der Waals surface area contributed by atoms with Gasteiger partial charge in [0.25, 0.3) is 0 Å². The SMILES string of the molecule is CN=C(NCCCC(=O)N1Cc2ccccc2C1)NCC(C)(C)c1ccccc1. The molecule has 1 aliphatic rings. The number of aliphatic imine (C=N–C) groups is 1. The number of carbonyl (C=O) groups is 1. The van der Waals surface area contributed by atoms with Gasteiger partial charge in [-0.2, -0.15) is 0 Å². The molecule has 3 rings (SSSR count). The zero-order valence-corrected chi connectivity index (χ0v) is 17.7. The second kappa shape index (κ2) is 9.59. The zero-order valence-electron chi connectivity index (χ0n) is 17.7. The number of carbonyl (C=O) groups excluding carboxylic acids is 1. The molecule has 2 N–H and O–H groups in total. The molecule has 0 aliphatic carbocycles. The quantitative estimate of drug-likeness (QED) is 0.431. The first-order valence-corrected chi connectivity index (χ1v) is 10.3. The predicted molar refractivity (Wildman–Crippen MR) is 119 cm³/mol. The molecular formula is C24H32N4O. The minimum atomic E-state index is -0.000392. The van der Waals surface area contributed by atoms with Gasteiger partial charge in [-0.25, -0.2) is 0 Å². The highest BCUT2D eigenvalue weighted by atomic mass is 16.2. The van der Waals surface area contributed by atoms with Crippen molar-refractivity contribution in [2.45, 2.75) is 45.2 Å². The van der Waals surface area contributed by atoms with E-state index in [0.717, 1.165) is 38.6 Å². The van der Waals surface area contributed by atoms with Crippen molar-refractivity contribution in [3.8, 4) is 0 Å². The molecule has 154 valence electrons. The number of hydrogen-bond donors (Lipinski definition) is 2. The minimum Gasteiger partial charge on any atom is -0.356 e. The van der Waals surface area contributed by atoms with Gasteiger partial charge in [-0.05, 0) is 23.1 Å². The van der Waals surface area contributed by atoms with E-state index < -0.39 is 0 Å². The molecule has 1 heterocycles. The second-order valence-corrected chi connectivity index (χ2v) is 8.22. The molecule has 2 aromatic carbocycles. The van der Waals surface area contributed by atoms with Crippen molar-refractivity contribution in [3.63, 3.8) is 0 Å². The summed E-state index contributed by atoms with van der Waals surface area (Å²) in [4.78, 5) is 18.7. The first-order chi connectivity index (χ1) is 14.0. The number of amides is 1. The molecule has 0 bridgehead atoms. The maximum Gasteiger partial charge on any atom is 0.223 e. The van der Waals surface area contributed by atoms with Crippen molar-refractivity contribution in [2.24, 2.45) is 4.99 Å². The van der Waals surface area contributed by atoms with Crippen LogP contribution in [0.2, 0.25) is 0 Å². The second-order valence-electron chi connectivity index (χ2n) is 8.22. The summed E-state index contributed by atoms with van der Waals surface area (Å²) in [5.74, 6) is 0.992. The first kappa shape index (κ1) is 20.9. The highest BCUT2D eigenvalue weighted by Crippen LogP contribution is 2.23. The molecule has 5 heteroatoms. The van der Waals surface area contributed by atoms with E-state index in [9.17, 15) is 4.79 Å². The minimum absolute atomic E-state index is 0.000392. The normalized spacial score (nSPS) is 13.9. The van der Waals surface area contributed by atoms with Gasteiger partial charge in [-0.3, -0.25) is 9.79 Å². The van der Waals surface area contributed by atoms with Crippen LogP contribution in [0, 0.1) is 0 Å². The Hall–Kier alpha value is -2.82. The Kier molecular flexibility index (Phi) is 6.91. The van der Waals surface area contributed by atoms with Crippen molar-refractivity contribution < 1.29 is 4.79 Å². The number of fused-ring (bicyclic) bond motifs is 1. The van der Waals surface area contributed by atoms with Crippen LogP contribution in [0.5, 0.6) is 0 Å². The maximum absolute atomic E-state index is 12.5. The summed E-state index contributed by atoms with van der Waals surface area (Å²) in [6, 6.07) is 18.8. The van der Waals surface area contributed by atoms with Crippen LogP contribution >= 0.6 is 0 Å². The monoisotopic (exact) mass is 392 g/mol. The highest BCUT2D eigenvalue weighted by molar-refractivity contribution is 5.80. The molecule has 0 saturated heterocycles.